The molecule has 0 aliphatic rings. The third kappa shape index (κ3) is 4.39. The van der Waals surface area contributed by atoms with Crippen LogP contribution in [0, 0.1) is 13.8 Å². The molecule has 0 radical (unpaired) electrons. The van der Waals surface area contributed by atoms with Gasteiger partial charge in [-0.05, 0) is 44.2 Å². The Morgan fingerprint density at radius 1 is 1.36 bits per heavy atom. The summed E-state index contributed by atoms with van der Waals surface area (Å²) in [4.78, 5) is 12.8. The van der Waals surface area contributed by atoms with E-state index < -0.39 is 0 Å². The molecule has 0 spiro atoms. The van der Waals surface area contributed by atoms with E-state index in [1.807, 2.05) is 39.1 Å². The minimum Gasteiger partial charge on any atom is -0.352 e. The highest BCUT2D eigenvalue weighted by atomic mass is 35.5. The van der Waals surface area contributed by atoms with Gasteiger partial charge >= 0.3 is 0 Å². The van der Waals surface area contributed by atoms with Crippen molar-refractivity contribution < 1.29 is 4.79 Å². The van der Waals surface area contributed by atoms with E-state index in [1.165, 1.54) is 11.8 Å². The molecule has 1 aromatic carbocycles. The fraction of sp³-hybridized carbons (Fsp3) is 0.250. The Hall–Kier alpha value is -1.72. The van der Waals surface area contributed by atoms with Crippen LogP contribution in [0.2, 0.25) is 5.02 Å². The van der Waals surface area contributed by atoms with Gasteiger partial charge in [0.2, 0.25) is 5.91 Å². The van der Waals surface area contributed by atoms with E-state index in [0.717, 1.165) is 21.8 Å². The van der Waals surface area contributed by atoms with Crippen molar-refractivity contribution in [1.82, 2.24) is 9.99 Å². The molecule has 2 aromatic rings. The number of nitrogens with one attached hydrogen (secondary N) is 1. The lowest BCUT2D eigenvalue weighted by Gasteiger charge is -2.01. The Balaban J connectivity index is 1.83. The maximum atomic E-state index is 11.8. The summed E-state index contributed by atoms with van der Waals surface area (Å²) in [7, 11) is 2.00. The van der Waals surface area contributed by atoms with Crippen LogP contribution in [0.25, 0.3) is 0 Å². The SMILES string of the molecule is Cc1cc(/C=N\NC(=O)CSc2ccc(Cl)cc2)c(C)n1C. The molecule has 1 N–H and O–H groups in total. The molecule has 1 amide bonds. The number of hydrazone groups is 1. The molecule has 6 heteroatoms. The Morgan fingerprint density at radius 3 is 2.64 bits per heavy atom. The van der Waals surface area contributed by atoms with Crippen LogP contribution in [0.3, 0.4) is 0 Å². The smallest absolute Gasteiger partial charge is 0.250 e. The van der Waals surface area contributed by atoms with Crippen LogP contribution < -0.4 is 5.43 Å². The minimum atomic E-state index is -0.137. The number of nitrogens with zero attached hydrogens (tertiary/aromatic N) is 2. The van der Waals surface area contributed by atoms with E-state index in [9.17, 15) is 4.79 Å². The minimum absolute atomic E-state index is 0.137. The van der Waals surface area contributed by atoms with E-state index in [1.54, 1.807) is 18.3 Å². The second-order valence-corrected chi connectivity index (χ2v) is 6.41. The van der Waals surface area contributed by atoms with Crippen molar-refractivity contribution >= 4 is 35.5 Å². The van der Waals surface area contributed by atoms with Gasteiger partial charge in [0.15, 0.2) is 0 Å². The molecule has 0 atom stereocenters. The summed E-state index contributed by atoms with van der Waals surface area (Å²) >= 11 is 7.26. The maximum Gasteiger partial charge on any atom is 0.250 e. The van der Waals surface area contributed by atoms with Crippen molar-refractivity contribution in [2.75, 3.05) is 5.75 Å². The average Bonchev–Trinajstić information content (AvgIpc) is 2.74. The van der Waals surface area contributed by atoms with Gasteiger partial charge in [0.1, 0.15) is 0 Å². The first kappa shape index (κ1) is 16.6. The fourth-order valence-corrected chi connectivity index (χ4v) is 2.72. The number of hydrogen-bond donors (Lipinski definition) is 1. The van der Waals surface area contributed by atoms with Gasteiger partial charge in [-0.3, -0.25) is 4.79 Å². The standard InChI is InChI=1S/C16H18ClN3OS/c1-11-8-13(12(2)20(11)3)9-18-19-16(21)10-22-15-6-4-14(17)5-7-15/h4-9H,10H2,1-3H3,(H,19,21)/b18-9-. The van der Waals surface area contributed by atoms with E-state index in [4.69, 9.17) is 11.6 Å². The highest BCUT2D eigenvalue weighted by Gasteiger charge is 2.04. The monoisotopic (exact) mass is 335 g/mol. The number of carbonyl (C=O) groups is 1. The van der Waals surface area contributed by atoms with Gasteiger partial charge in [0.25, 0.3) is 0 Å². The van der Waals surface area contributed by atoms with Crippen molar-refractivity contribution in [2.24, 2.45) is 12.1 Å². The van der Waals surface area contributed by atoms with Gasteiger partial charge in [-0.25, -0.2) is 5.43 Å². The van der Waals surface area contributed by atoms with E-state index in [2.05, 4.69) is 15.1 Å². The highest BCUT2D eigenvalue weighted by molar-refractivity contribution is 8.00. The molecule has 0 fully saturated rings. The molecule has 116 valence electrons. The summed E-state index contributed by atoms with van der Waals surface area (Å²) in [5.41, 5.74) is 5.82. The lowest BCUT2D eigenvalue weighted by molar-refractivity contribution is -0.118. The topological polar surface area (TPSA) is 46.4 Å². The number of hydrogen-bond acceptors (Lipinski definition) is 3. The van der Waals surface area contributed by atoms with Crippen LogP contribution in [0.5, 0.6) is 0 Å². The Labute approximate surface area is 139 Å². The quantitative estimate of drug-likeness (QED) is 0.516. The molecular weight excluding hydrogens is 318 g/mol. The van der Waals surface area contributed by atoms with Gasteiger partial charge in [-0.2, -0.15) is 5.10 Å². The predicted octanol–water partition coefficient (Wildman–Crippen LogP) is 3.54. The number of carbonyl (C=O) groups excluding carboxylic acids is 1. The van der Waals surface area contributed by atoms with Crippen LogP contribution in [-0.4, -0.2) is 22.4 Å². The zero-order chi connectivity index (χ0) is 16.1. The van der Waals surface area contributed by atoms with Crippen LogP contribution in [0.1, 0.15) is 17.0 Å². The Morgan fingerprint density at radius 2 is 2.05 bits per heavy atom. The molecular formula is C16H18ClN3OS. The fourth-order valence-electron chi connectivity index (χ4n) is 1.90. The van der Waals surface area contributed by atoms with Gasteiger partial charge < -0.3 is 4.57 Å². The molecule has 0 unspecified atom stereocenters. The lowest BCUT2D eigenvalue weighted by atomic mass is 10.3. The van der Waals surface area contributed by atoms with E-state index >= 15 is 0 Å². The molecule has 1 heterocycles. The van der Waals surface area contributed by atoms with Gasteiger partial charge in [-0.15, -0.1) is 11.8 Å². The molecule has 4 nitrogen and oxygen atoms in total. The van der Waals surface area contributed by atoms with Crippen molar-refractivity contribution in [3.63, 3.8) is 0 Å². The average molecular weight is 336 g/mol. The van der Waals surface area contributed by atoms with Crippen LogP contribution in [0.4, 0.5) is 0 Å². The number of amides is 1. The van der Waals surface area contributed by atoms with Crippen molar-refractivity contribution in [3.05, 3.63) is 52.3 Å². The summed E-state index contributed by atoms with van der Waals surface area (Å²) in [5, 5.41) is 4.70. The van der Waals surface area contributed by atoms with Crippen LogP contribution in [0.15, 0.2) is 40.3 Å². The Kier molecular flexibility index (Phi) is 5.69. The molecule has 0 saturated carbocycles. The lowest BCUT2D eigenvalue weighted by Crippen LogP contribution is -2.19. The molecule has 1 aromatic heterocycles. The molecule has 0 aliphatic carbocycles. The Bertz CT molecular complexity index is 692. The van der Waals surface area contributed by atoms with Crippen molar-refractivity contribution in [3.8, 4) is 0 Å². The van der Waals surface area contributed by atoms with Crippen molar-refractivity contribution in [2.45, 2.75) is 18.7 Å². The van der Waals surface area contributed by atoms with Crippen molar-refractivity contribution in [1.29, 1.82) is 0 Å². The number of thioether (sulfide) groups is 1. The molecule has 2 rings (SSSR count). The number of benzene rings is 1. The second kappa shape index (κ2) is 7.51. The first-order valence-corrected chi connectivity index (χ1v) is 8.17. The zero-order valence-corrected chi connectivity index (χ0v) is 14.3. The third-order valence-corrected chi connectivity index (χ3v) is 4.65. The number of aryl methyl sites for hydroxylation is 1. The summed E-state index contributed by atoms with van der Waals surface area (Å²) in [6.45, 7) is 4.05. The van der Waals surface area contributed by atoms with Gasteiger partial charge in [0, 0.05) is 33.9 Å². The van der Waals surface area contributed by atoms with Gasteiger partial charge in [0.05, 0.1) is 12.0 Å². The summed E-state index contributed by atoms with van der Waals surface area (Å²) in [6.07, 6.45) is 1.67. The van der Waals surface area contributed by atoms with Crippen LogP contribution >= 0.6 is 23.4 Å². The molecule has 22 heavy (non-hydrogen) atoms. The van der Waals surface area contributed by atoms with Gasteiger partial charge in [-0.1, -0.05) is 11.6 Å². The predicted molar refractivity (Wildman–Crippen MR) is 92.8 cm³/mol. The molecule has 0 bridgehead atoms. The molecule has 0 aliphatic heterocycles. The summed E-state index contributed by atoms with van der Waals surface area (Å²) < 4.78 is 2.08. The first-order valence-electron chi connectivity index (χ1n) is 6.80. The highest BCUT2D eigenvalue weighted by Crippen LogP contribution is 2.19. The second-order valence-electron chi connectivity index (χ2n) is 4.92. The third-order valence-electron chi connectivity index (χ3n) is 3.39. The summed E-state index contributed by atoms with van der Waals surface area (Å²) in [6, 6.07) is 9.42. The van der Waals surface area contributed by atoms with E-state index in [0.29, 0.717) is 10.8 Å². The van der Waals surface area contributed by atoms with E-state index in [-0.39, 0.29) is 5.91 Å². The molecule has 0 saturated heterocycles. The maximum absolute atomic E-state index is 11.8. The first-order chi connectivity index (χ1) is 10.5. The largest absolute Gasteiger partial charge is 0.352 e. The summed E-state index contributed by atoms with van der Waals surface area (Å²) in [5.74, 6) is 0.174. The number of rotatable bonds is 5. The zero-order valence-electron chi connectivity index (χ0n) is 12.8. The number of halogens is 1. The number of aromatic nitrogens is 1. The van der Waals surface area contributed by atoms with Crippen LogP contribution in [-0.2, 0) is 11.8 Å². The normalized spacial score (nSPS) is 11.1.